The van der Waals surface area contributed by atoms with Crippen LogP contribution in [0.1, 0.15) is 121 Å². The number of aromatic nitrogens is 4. The van der Waals surface area contributed by atoms with Gasteiger partial charge in [-0.25, -0.2) is 4.98 Å². The minimum absolute atomic E-state index is 0.0137. The van der Waals surface area contributed by atoms with E-state index < -0.39 is 235 Å². The number of hydrogen-bond acceptors (Lipinski definition) is 23. The van der Waals surface area contributed by atoms with Crippen molar-refractivity contribution >= 4 is 140 Å². The van der Waals surface area contributed by atoms with Gasteiger partial charge < -0.3 is 125 Å². The van der Waals surface area contributed by atoms with E-state index in [0.717, 1.165) is 36.3 Å². The number of carbonyl (C=O) groups excluding carboxylic acids is 18. The first-order valence-electron chi connectivity index (χ1n) is 43.5. The Labute approximate surface area is 759 Å². The van der Waals surface area contributed by atoms with Crippen LogP contribution in [0.25, 0.3) is 21.8 Å². The number of piperazine rings is 1. The van der Waals surface area contributed by atoms with Gasteiger partial charge in [0.25, 0.3) is 0 Å². The second kappa shape index (κ2) is 48.2. The summed E-state index contributed by atoms with van der Waals surface area (Å²) in [6, 6.07) is -2.18. The number of nitrogens with two attached hydrogens (primary N) is 3. The Kier molecular flexibility index (Phi) is 37.3. The predicted octanol–water partition coefficient (Wildman–Crippen LogP) is -4.11. The fourth-order valence-corrected chi connectivity index (χ4v) is 16.7. The van der Waals surface area contributed by atoms with E-state index in [9.17, 15) is 63.0 Å². The van der Waals surface area contributed by atoms with Gasteiger partial charge in [0.05, 0.1) is 31.7 Å². The molecule has 6 aromatic rings. The number of rotatable bonds is 23. The average molecular weight is 1840 g/mol. The van der Waals surface area contributed by atoms with Crippen LogP contribution in [-0.4, -0.2) is 318 Å². The molecule has 3 fully saturated rings. The maximum absolute atomic E-state index is 15.6. The summed E-state index contributed by atoms with van der Waals surface area (Å²) >= 11 is 0.776. The van der Waals surface area contributed by atoms with Crippen molar-refractivity contribution in [1.82, 2.24) is 103 Å². The predicted molar refractivity (Wildman–Crippen MR) is 478 cm³/mol. The molecule has 131 heavy (non-hydrogen) atoms. The van der Waals surface area contributed by atoms with Crippen LogP contribution in [-0.2, 0) is 112 Å². The number of aromatic hydroxyl groups is 1. The van der Waals surface area contributed by atoms with Crippen LogP contribution in [0.5, 0.6) is 5.75 Å². The number of H-pyrrole nitrogens is 3. The highest BCUT2D eigenvalue weighted by Crippen LogP contribution is 2.27. The molecule has 18 amide bonds. The highest BCUT2D eigenvalue weighted by atomic mass is 32.2. The summed E-state index contributed by atoms with van der Waals surface area (Å²) in [4.78, 5) is 279. The number of imidazole rings is 1. The SMILES string of the molecule is CCCC[C@H]1C(=O)N(C)[C@@H](CCCC)C(=O)N[C@@H](C)C(=O)N[C@H](C(=O)NCC(N)=O)CSCC(=O)N[C@H](Cc2ccc(O)cc2)C(=O)N(C)[C@@H](C)C(=O)N[C@@H](CC(N)=O)C(=O)N2CCC[C@H]2C(=O)N[C@@H](Cc2cnc[nH]2)C(=O)N[C@@H](CCC(N)=O)C(=O)N2CCNC[C@H]2C(=O)N[C@@H](Cc2c[nH]c3ccccc23)C(=O)N[C@H](CO)C(=O)N[C@@H](Cc2c[nH]c3ccccc23)C(=O)N1C. The maximum atomic E-state index is 15.6. The van der Waals surface area contributed by atoms with Crippen molar-refractivity contribution in [3.05, 3.63) is 120 Å². The van der Waals surface area contributed by atoms with Crippen LogP contribution in [0.3, 0.4) is 0 Å². The lowest BCUT2D eigenvalue weighted by atomic mass is 10.00. The number of nitrogens with zero attached hydrogens (tertiary/aromatic N) is 6. The number of hydrogen-bond donors (Lipinski definition) is 19. The Balaban J connectivity index is 1.08. The Morgan fingerprint density at radius 2 is 1.06 bits per heavy atom. The molecule has 3 aromatic carbocycles. The number of benzene rings is 3. The number of phenolic OH excluding ortho intramolecular Hbond substituents is 1. The zero-order valence-corrected chi connectivity index (χ0v) is 75.0. The molecule has 22 N–H and O–H groups in total. The lowest BCUT2D eigenvalue weighted by molar-refractivity contribution is -0.149. The number of likely N-dealkylation sites (N-methyl/N-ethyl adjacent to an activating group) is 3. The van der Waals surface area contributed by atoms with Crippen molar-refractivity contribution in [1.29, 1.82) is 0 Å². The number of thioether (sulfide) groups is 1. The van der Waals surface area contributed by atoms with Gasteiger partial charge in [0.15, 0.2) is 0 Å². The van der Waals surface area contributed by atoms with Crippen molar-refractivity contribution in [3.8, 4) is 5.75 Å². The van der Waals surface area contributed by atoms with E-state index in [4.69, 9.17) is 17.2 Å². The molecule has 44 heteroatoms. The topological polar surface area (TPSA) is 635 Å². The fraction of sp³-hybridized carbons (Fsp3) is 0.506. The molecular formula is C87H119N23O20S. The molecule has 0 aliphatic carbocycles. The van der Waals surface area contributed by atoms with E-state index in [-0.39, 0.29) is 89.0 Å². The Morgan fingerprint density at radius 3 is 1.66 bits per heavy atom. The number of aliphatic hydroxyl groups excluding tert-OH is 1. The smallest absolute Gasteiger partial charge is 0.246 e. The van der Waals surface area contributed by atoms with Crippen LogP contribution in [0.15, 0.2) is 97.7 Å². The van der Waals surface area contributed by atoms with E-state index in [0.29, 0.717) is 64.2 Å². The van der Waals surface area contributed by atoms with Gasteiger partial charge in [-0.15, -0.1) is 11.8 Å². The minimum Gasteiger partial charge on any atom is -0.508 e. The van der Waals surface area contributed by atoms with Gasteiger partial charge in [-0.05, 0) is 86.9 Å². The van der Waals surface area contributed by atoms with Crippen molar-refractivity contribution in [2.75, 3.05) is 72.0 Å². The highest BCUT2D eigenvalue weighted by molar-refractivity contribution is 8.00. The first-order valence-corrected chi connectivity index (χ1v) is 44.7. The van der Waals surface area contributed by atoms with E-state index in [2.05, 4.69) is 78.4 Å². The summed E-state index contributed by atoms with van der Waals surface area (Å²) in [6.07, 6.45) is 4.76. The minimum atomic E-state index is -1.88. The van der Waals surface area contributed by atoms with Crippen LogP contribution in [0, 0.1) is 0 Å². The summed E-state index contributed by atoms with van der Waals surface area (Å²) in [7, 11) is 3.91. The summed E-state index contributed by atoms with van der Waals surface area (Å²) < 4.78 is 0. The summed E-state index contributed by atoms with van der Waals surface area (Å²) in [5.41, 5.74) is 19.7. The number of primary amides is 3. The molecular weight excluding hydrogens is 1720 g/mol. The van der Waals surface area contributed by atoms with Gasteiger partial charge >= 0.3 is 0 Å². The zero-order valence-electron chi connectivity index (χ0n) is 74.2. The third-order valence-corrected chi connectivity index (χ3v) is 24.4. The molecule has 0 saturated carbocycles. The number of fused-ring (bicyclic) bond motifs is 4. The number of aromatic amines is 3. The van der Waals surface area contributed by atoms with Gasteiger partial charge in [-0.2, -0.15) is 0 Å². The number of unbranched alkanes of at least 4 members (excludes halogenated alkanes) is 2. The Morgan fingerprint density at radius 1 is 0.519 bits per heavy atom. The number of amides is 18. The zero-order chi connectivity index (χ0) is 95.4. The molecule has 9 rings (SSSR count). The Hall–Kier alpha value is -13.5. The molecule has 708 valence electrons. The lowest BCUT2D eigenvalue weighted by Gasteiger charge is -2.38. The third kappa shape index (κ3) is 27.8. The van der Waals surface area contributed by atoms with Crippen LogP contribution < -0.4 is 75.7 Å². The molecule has 6 heterocycles. The molecule has 43 nitrogen and oxygen atoms in total. The first kappa shape index (κ1) is 101. The maximum Gasteiger partial charge on any atom is 0.246 e. The quantitative estimate of drug-likeness (QED) is 0.0290. The second-order valence-electron chi connectivity index (χ2n) is 32.9. The van der Waals surface area contributed by atoms with Crippen LogP contribution in [0.2, 0.25) is 0 Å². The van der Waals surface area contributed by atoms with Gasteiger partial charge in [-0.3, -0.25) is 86.3 Å². The van der Waals surface area contributed by atoms with Gasteiger partial charge in [0, 0.05) is 131 Å². The van der Waals surface area contributed by atoms with Crippen LogP contribution in [0.4, 0.5) is 0 Å². The second-order valence-corrected chi connectivity index (χ2v) is 33.9. The molecule has 3 aliphatic rings. The highest BCUT2D eigenvalue weighted by Gasteiger charge is 2.45. The third-order valence-electron chi connectivity index (χ3n) is 23.4. The largest absolute Gasteiger partial charge is 0.508 e. The molecule has 3 aromatic heterocycles. The monoisotopic (exact) mass is 1840 g/mol. The van der Waals surface area contributed by atoms with Crippen molar-refractivity contribution in [2.24, 2.45) is 17.2 Å². The molecule has 0 unspecified atom stereocenters. The number of nitrogens with one attached hydrogen (secondary N) is 14. The van der Waals surface area contributed by atoms with E-state index in [1.165, 1.54) is 71.8 Å². The fourth-order valence-electron chi connectivity index (χ4n) is 15.9. The van der Waals surface area contributed by atoms with Crippen LogP contribution >= 0.6 is 11.8 Å². The normalized spacial score (nSPS) is 24.7. The van der Waals surface area contributed by atoms with Gasteiger partial charge in [-0.1, -0.05) is 88.1 Å². The van der Waals surface area contributed by atoms with Crippen molar-refractivity contribution in [3.63, 3.8) is 0 Å². The summed E-state index contributed by atoms with van der Waals surface area (Å²) in [5, 5.41) is 51.8. The number of aliphatic hydroxyl groups is 1. The van der Waals surface area contributed by atoms with Crippen molar-refractivity contribution < 1.29 is 96.5 Å². The standard InChI is InChI=1S/C87H119N23O20S/c1-8-10-21-66-80(123)97-47(3)74(117)105-65(76(119)95-42-72(90)115)44-131-45-73(116)98-61(33-49-24-26-53(112)27-25-49)83(126)106(5)48(4)75(118)102-63(37-71(89)114)86(129)109-31-16-23-67(109)81(124)101-60(36-52-40-92-46-96-52)78(121)99-58(28-29-70(88)113)85(128)110-32-30-91-41-69(110)82(125)100-59(34-50-38-93-56-19-14-12-17-54(50)56)77(120)104-64(43-111)79(122)103-62(35-51-39-94-57-20-15-13-18-55(51)57)84(127)108(7)68(22-11-9-2)87(130)107(66)6/h12-15,17-20,24-27,38-40,46-48,58-69,91,93-94,111-112H,8-11,16,21-23,28-37,41-45H2,1-7H3,(H2,88,113)(H2,89,114)(H2,90,115)(H,92,96)(H,95,119)(H,97,123)(H,98,116)(H,99,121)(H,100,125)(H,101,124)(H,102,118)(H,103,122)(H,104,120)(H,105,117)/t47-,48-,58-,59-,60-,61+,62-,63-,64+,65-,66-,67-,68-,69-/m0/s1. The van der Waals surface area contributed by atoms with E-state index in [1.807, 2.05) is 13.8 Å². The lowest BCUT2D eigenvalue weighted by Crippen LogP contribution is -2.65. The molecule has 3 saturated heterocycles. The molecule has 0 bridgehead atoms. The summed E-state index contributed by atoms with van der Waals surface area (Å²) in [5.74, 6) is -18.1. The van der Waals surface area contributed by atoms with E-state index >= 15 is 33.6 Å². The number of para-hydroxylation sites is 2. The number of phenols is 1. The van der Waals surface area contributed by atoms with E-state index in [1.54, 1.807) is 60.9 Å². The molecule has 14 atom stereocenters. The van der Waals surface area contributed by atoms with Gasteiger partial charge in [0.1, 0.15) is 90.3 Å². The number of carbonyl (C=O) groups is 18. The average Bonchev–Trinajstić information content (AvgIpc) is 1.75. The first-order chi connectivity index (χ1) is 62.5. The Bertz CT molecular complexity index is 5110. The summed E-state index contributed by atoms with van der Waals surface area (Å²) in [6.45, 7) is 3.90. The molecule has 0 radical (unpaired) electrons. The molecule has 0 spiro atoms. The van der Waals surface area contributed by atoms with Crippen molar-refractivity contribution in [2.45, 2.75) is 209 Å². The molecule has 3 aliphatic heterocycles. The van der Waals surface area contributed by atoms with Gasteiger partial charge in [0.2, 0.25) is 106 Å².